The zero-order valence-corrected chi connectivity index (χ0v) is 11.9. The van der Waals surface area contributed by atoms with E-state index in [2.05, 4.69) is 13.8 Å². The summed E-state index contributed by atoms with van der Waals surface area (Å²) in [6.45, 7) is 6.79. The average Bonchev–Trinajstić information content (AvgIpc) is 2.38. The average molecular weight is 258 g/mol. The number of hydrogen-bond acceptors (Lipinski definition) is 4. The van der Waals surface area contributed by atoms with E-state index in [1.807, 2.05) is 6.92 Å². The maximum absolute atomic E-state index is 11.3. The highest BCUT2D eigenvalue weighted by molar-refractivity contribution is 6.29. The van der Waals surface area contributed by atoms with Crippen molar-refractivity contribution in [2.24, 2.45) is 5.92 Å². The van der Waals surface area contributed by atoms with E-state index in [-0.39, 0.29) is 6.61 Å². The SMILES string of the molecule is CCCCOC(=O)C(=O)OCC(CC)CCCC. The zero-order valence-electron chi connectivity index (χ0n) is 11.9. The Kier molecular flexibility index (Phi) is 10.4. The maximum Gasteiger partial charge on any atom is 0.417 e. The molecule has 4 heteroatoms. The molecule has 0 amide bonds. The van der Waals surface area contributed by atoms with Crippen molar-refractivity contribution in [2.45, 2.75) is 59.3 Å². The monoisotopic (exact) mass is 258 g/mol. The fraction of sp³-hybridized carbons (Fsp3) is 0.857. The molecule has 1 unspecified atom stereocenters. The van der Waals surface area contributed by atoms with Crippen molar-refractivity contribution in [1.82, 2.24) is 0 Å². The molecule has 1 atom stereocenters. The van der Waals surface area contributed by atoms with E-state index >= 15 is 0 Å². The van der Waals surface area contributed by atoms with Gasteiger partial charge in [0, 0.05) is 0 Å². The van der Waals surface area contributed by atoms with Crippen molar-refractivity contribution in [2.75, 3.05) is 13.2 Å². The van der Waals surface area contributed by atoms with Crippen LogP contribution in [0.15, 0.2) is 0 Å². The lowest BCUT2D eigenvalue weighted by atomic mass is 10.0. The van der Waals surface area contributed by atoms with Crippen LogP contribution in [0.4, 0.5) is 0 Å². The molecule has 0 aliphatic rings. The van der Waals surface area contributed by atoms with E-state index in [9.17, 15) is 9.59 Å². The molecule has 0 aromatic rings. The molecule has 4 nitrogen and oxygen atoms in total. The van der Waals surface area contributed by atoms with Crippen LogP contribution in [0.2, 0.25) is 0 Å². The molecule has 0 N–H and O–H groups in total. The normalized spacial score (nSPS) is 11.9. The van der Waals surface area contributed by atoms with Gasteiger partial charge in [-0.1, -0.05) is 46.5 Å². The Bertz CT molecular complexity index is 238. The van der Waals surface area contributed by atoms with Crippen LogP contribution < -0.4 is 0 Å². The quantitative estimate of drug-likeness (QED) is 0.362. The van der Waals surface area contributed by atoms with Crippen LogP contribution in [0.5, 0.6) is 0 Å². The summed E-state index contributed by atoms with van der Waals surface area (Å²) in [6.07, 6.45) is 5.94. The predicted molar refractivity (Wildman–Crippen MR) is 70.1 cm³/mol. The minimum Gasteiger partial charge on any atom is -0.457 e. The number of rotatable bonds is 9. The van der Waals surface area contributed by atoms with Crippen molar-refractivity contribution in [3.63, 3.8) is 0 Å². The Balaban J connectivity index is 3.81. The van der Waals surface area contributed by atoms with Crippen LogP contribution in [0, 0.1) is 5.92 Å². The summed E-state index contributed by atoms with van der Waals surface area (Å²) in [5.41, 5.74) is 0. The molecule has 0 spiro atoms. The fourth-order valence-corrected chi connectivity index (χ4v) is 1.52. The van der Waals surface area contributed by atoms with Gasteiger partial charge >= 0.3 is 11.9 Å². The molecule has 0 heterocycles. The summed E-state index contributed by atoms with van der Waals surface area (Å²) >= 11 is 0. The minimum absolute atomic E-state index is 0.289. The number of esters is 2. The molecule has 0 radical (unpaired) electrons. The first-order valence-electron chi connectivity index (χ1n) is 6.99. The third-order valence-corrected chi connectivity index (χ3v) is 2.89. The van der Waals surface area contributed by atoms with Crippen molar-refractivity contribution in [1.29, 1.82) is 0 Å². The van der Waals surface area contributed by atoms with Crippen LogP contribution in [0.3, 0.4) is 0 Å². The van der Waals surface area contributed by atoms with Gasteiger partial charge in [-0.3, -0.25) is 0 Å². The van der Waals surface area contributed by atoms with Crippen LogP contribution in [-0.2, 0) is 19.1 Å². The van der Waals surface area contributed by atoms with Crippen molar-refractivity contribution < 1.29 is 19.1 Å². The Morgan fingerprint density at radius 3 is 2.11 bits per heavy atom. The largest absolute Gasteiger partial charge is 0.457 e. The summed E-state index contributed by atoms with van der Waals surface area (Å²) in [7, 11) is 0. The molecule has 0 aromatic heterocycles. The summed E-state index contributed by atoms with van der Waals surface area (Å²) in [5, 5.41) is 0. The molecule has 106 valence electrons. The molecule has 0 aliphatic heterocycles. The first-order valence-corrected chi connectivity index (χ1v) is 6.99. The number of carbonyl (C=O) groups is 2. The van der Waals surface area contributed by atoms with E-state index in [0.717, 1.165) is 38.5 Å². The summed E-state index contributed by atoms with van der Waals surface area (Å²) in [4.78, 5) is 22.6. The molecule has 0 aliphatic carbocycles. The molecule has 0 bridgehead atoms. The molecule has 0 rings (SSSR count). The van der Waals surface area contributed by atoms with E-state index in [1.54, 1.807) is 0 Å². The van der Waals surface area contributed by atoms with Crippen LogP contribution in [-0.4, -0.2) is 25.2 Å². The number of carbonyl (C=O) groups excluding carboxylic acids is 2. The molecular weight excluding hydrogens is 232 g/mol. The third kappa shape index (κ3) is 8.09. The van der Waals surface area contributed by atoms with E-state index in [1.165, 1.54) is 0 Å². The standard InChI is InChI=1S/C14H26O4/c1-4-7-9-12(6-3)11-18-14(16)13(15)17-10-8-5-2/h12H,4-11H2,1-3H3. The molecule has 18 heavy (non-hydrogen) atoms. The number of unbranched alkanes of at least 4 members (excludes halogenated alkanes) is 2. The Labute approximate surface area is 110 Å². The van der Waals surface area contributed by atoms with Gasteiger partial charge in [0.05, 0.1) is 13.2 Å². The highest BCUT2D eigenvalue weighted by Crippen LogP contribution is 2.12. The molecule has 0 fully saturated rings. The van der Waals surface area contributed by atoms with Crippen LogP contribution >= 0.6 is 0 Å². The van der Waals surface area contributed by atoms with Crippen molar-refractivity contribution >= 4 is 11.9 Å². The maximum atomic E-state index is 11.3. The van der Waals surface area contributed by atoms with Gasteiger partial charge in [0.2, 0.25) is 0 Å². The molecular formula is C14H26O4. The Morgan fingerprint density at radius 2 is 1.56 bits per heavy atom. The highest BCUT2D eigenvalue weighted by Gasteiger charge is 2.18. The fourth-order valence-electron chi connectivity index (χ4n) is 1.52. The van der Waals surface area contributed by atoms with Crippen LogP contribution in [0.25, 0.3) is 0 Å². The Morgan fingerprint density at radius 1 is 0.944 bits per heavy atom. The predicted octanol–water partition coefficient (Wildman–Crippen LogP) is 3.09. The zero-order chi connectivity index (χ0) is 13.8. The lowest BCUT2D eigenvalue weighted by molar-refractivity contribution is -0.168. The number of ether oxygens (including phenoxy) is 2. The Hall–Kier alpha value is -1.06. The van der Waals surface area contributed by atoms with Crippen molar-refractivity contribution in [3.05, 3.63) is 0 Å². The van der Waals surface area contributed by atoms with E-state index in [4.69, 9.17) is 9.47 Å². The van der Waals surface area contributed by atoms with E-state index < -0.39 is 11.9 Å². The van der Waals surface area contributed by atoms with Gasteiger partial charge in [-0.2, -0.15) is 0 Å². The lowest BCUT2D eigenvalue weighted by Gasteiger charge is -2.14. The van der Waals surface area contributed by atoms with Crippen molar-refractivity contribution in [3.8, 4) is 0 Å². The first-order chi connectivity index (χ1) is 8.65. The summed E-state index contributed by atoms with van der Waals surface area (Å²) in [5.74, 6) is -1.38. The second kappa shape index (κ2) is 11.1. The smallest absolute Gasteiger partial charge is 0.417 e. The molecule has 0 saturated heterocycles. The topological polar surface area (TPSA) is 52.6 Å². The van der Waals surface area contributed by atoms with Gasteiger partial charge in [-0.05, 0) is 18.8 Å². The van der Waals surface area contributed by atoms with Crippen LogP contribution in [0.1, 0.15) is 59.3 Å². The highest BCUT2D eigenvalue weighted by atomic mass is 16.6. The number of hydrogen-bond donors (Lipinski definition) is 0. The van der Waals surface area contributed by atoms with Gasteiger partial charge in [-0.25, -0.2) is 9.59 Å². The van der Waals surface area contributed by atoms with Gasteiger partial charge in [0.1, 0.15) is 0 Å². The van der Waals surface area contributed by atoms with Gasteiger partial charge in [-0.15, -0.1) is 0 Å². The summed E-state index contributed by atoms with van der Waals surface area (Å²) < 4.78 is 9.75. The molecule has 0 aromatic carbocycles. The minimum atomic E-state index is -0.867. The second-order valence-electron chi connectivity index (χ2n) is 4.50. The van der Waals surface area contributed by atoms with Gasteiger partial charge in [0.25, 0.3) is 0 Å². The summed E-state index contributed by atoms with van der Waals surface area (Å²) in [6, 6.07) is 0. The van der Waals surface area contributed by atoms with Gasteiger partial charge in [0.15, 0.2) is 0 Å². The molecule has 0 saturated carbocycles. The second-order valence-corrected chi connectivity index (χ2v) is 4.50. The first kappa shape index (κ1) is 16.9. The lowest BCUT2D eigenvalue weighted by Crippen LogP contribution is -2.23. The van der Waals surface area contributed by atoms with E-state index in [0.29, 0.717) is 12.5 Å². The van der Waals surface area contributed by atoms with Gasteiger partial charge < -0.3 is 9.47 Å². The third-order valence-electron chi connectivity index (χ3n) is 2.89.